The Labute approximate surface area is 136 Å². The van der Waals surface area contributed by atoms with E-state index in [0.717, 1.165) is 36.3 Å². The van der Waals surface area contributed by atoms with Crippen molar-refractivity contribution in [3.63, 3.8) is 0 Å². The predicted octanol–water partition coefficient (Wildman–Crippen LogP) is 2.11. The number of rotatable bonds is 4. The van der Waals surface area contributed by atoms with E-state index in [2.05, 4.69) is 16.0 Å². The lowest BCUT2D eigenvalue weighted by atomic mass is 10.0. The highest BCUT2D eigenvalue weighted by Gasteiger charge is 2.24. The van der Waals surface area contributed by atoms with Crippen molar-refractivity contribution in [2.75, 3.05) is 11.9 Å². The molecule has 0 bridgehead atoms. The van der Waals surface area contributed by atoms with E-state index < -0.39 is 0 Å². The van der Waals surface area contributed by atoms with E-state index >= 15 is 0 Å². The minimum Gasteiger partial charge on any atom is -0.376 e. The van der Waals surface area contributed by atoms with E-state index in [1.807, 2.05) is 32.0 Å². The Bertz CT molecular complexity index is 611. The molecule has 6 heteroatoms. The lowest BCUT2D eigenvalue weighted by molar-refractivity contribution is -0.115. The first-order valence-electron chi connectivity index (χ1n) is 8.14. The third-order valence-electron chi connectivity index (χ3n) is 4.48. The molecule has 3 rings (SSSR count). The summed E-state index contributed by atoms with van der Waals surface area (Å²) >= 11 is 0. The lowest BCUT2D eigenvalue weighted by Gasteiger charge is -2.22. The van der Waals surface area contributed by atoms with E-state index in [9.17, 15) is 9.59 Å². The number of carbonyl (C=O) groups is 2. The molecule has 1 fully saturated rings. The second-order valence-corrected chi connectivity index (χ2v) is 6.32. The van der Waals surface area contributed by atoms with Gasteiger partial charge < -0.3 is 20.7 Å². The van der Waals surface area contributed by atoms with Crippen molar-refractivity contribution in [2.45, 2.75) is 51.3 Å². The Balaban J connectivity index is 1.56. The molecule has 124 valence electrons. The number of ether oxygens (including phenoxy) is 1. The van der Waals surface area contributed by atoms with Gasteiger partial charge in [-0.3, -0.25) is 4.79 Å². The van der Waals surface area contributed by atoms with Crippen LogP contribution in [0.25, 0.3) is 0 Å². The number of amides is 3. The maximum Gasteiger partial charge on any atom is 0.315 e. The largest absolute Gasteiger partial charge is 0.376 e. The fourth-order valence-corrected chi connectivity index (χ4v) is 3.14. The molecular formula is C17H23N3O3. The van der Waals surface area contributed by atoms with Crippen molar-refractivity contribution in [2.24, 2.45) is 0 Å². The molecule has 6 nitrogen and oxygen atoms in total. The molecule has 0 radical (unpaired) electrons. The summed E-state index contributed by atoms with van der Waals surface area (Å²) in [5.74, 6) is 0.0147. The molecule has 0 aromatic heterocycles. The molecule has 0 spiro atoms. The zero-order valence-electron chi connectivity index (χ0n) is 13.5. The monoisotopic (exact) mass is 317 g/mol. The minimum absolute atomic E-state index is 0.00783. The third-order valence-corrected chi connectivity index (χ3v) is 4.48. The van der Waals surface area contributed by atoms with Gasteiger partial charge in [0.25, 0.3) is 0 Å². The van der Waals surface area contributed by atoms with Crippen LogP contribution in [0.5, 0.6) is 0 Å². The minimum atomic E-state index is -0.199. The van der Waals surface area contributed by atoms with E-state index in [-0.39, 0.29) is 30.1 Å². The molecule has 1 aromatic rings. The van der Waals surface area contributed by atoms with Gasteiger partial charge in [0.1, 0.15) is 0 Å². The first kappa shape index (κ1) is 15.8. The fourth-order valence-electron chi connectivity index (χ4n) is 3.14. The highest BCUT2D eigenvalue weighted by Crippen LogP contribution is 2.26. The highest BCUT2D eigenvalue weighted by molar-refractivity contribution is 5.99. The van der Waals surface area contributed by atoms with Crippen LogP contribution >= 0.6 is 0 Å². The molecule has 23 heavy (non-hydrogen) atoms. The summed E-state index contributed by atoms with van der Waals surface area (Å²) in [7, 11) is 0. The van der Waals surface area contributed by atoms with Crippen molar-refractivity contribution in [1.29, 1.82) is 0 Å². The normalized spacial score (nSPS) is 22.2. The van der Waals surface area contributed by atoms with Crippen LogP contribution in [0, 0.1) is 0 Å². The van der Waals surface area contributed by atoms with Gasteiger partial charge in [-0.25, -0.2) is 4.79 Å². The van der Waals surface area contributed by atoms with Gasteiger partial charge in [0.05, 0.1) is 24.6 Å². The molecule has 0 aliphatic carbocycles. The molecule has 0 unspecified atom stereocenters. The quantitative estimate of drug-likeness (QED) is 0.796. The smallest absolute Gasteiger partial charge is 0.315 e. The summed E-state index contributed by atoms with van der Waals surface area (Å²) in [5, 5.41) is 8.69. The molecule has 2 aliphatic rings. The van der Waals surface area contributed by atoms with Gasteiger partial charge in [-0.2, -0.15) is 0 Å². The summed E-state index contributed by atoms with van der Waals surface area (Å²) in [6.45, 7) is 4.67. The predicted molar refractivity (Wildman–Crippen MR) is 87.3 cm³/mol. The van der Waals surface area contributed by atoms with Crippen LogP contribution in [0.3, 0.4) is 0 Å². The number of hydrogen-bond acceptors (Lipinski definition) is 3. The Morgan fingerprint density at radius 1 is 1.35 bits per heavy atom. The van der Waals surface area contributed by atoms with Crippen molar-refractivity contribution in [1.82, 2.24) is 10.6 Å². The molecule has 3 N–H and O–H groups in total. The lowest BCUT2D eigenvalue weighted by Crippen LogP contribution is -2.46. The van der Waals surface area contributed by atoms with Crippen molar-refractivity contribution in [3.8, 4) is 0 Å². The third kappa shape index (κ3) is 3.64. The van der Waals surface area contributed by atoms with Crippen LogP contribution in [0.1, 0.15) is 43.9 Å². The van der Waals surface area contributed by atoms with Gasteiger partial charge in [-0.05, 0) is 43.9 Å². The van der Waals surface area contributed by atoms with Crippen molar-refractivity contribution in [3.05, 3.63) is 29.3 Å². The second-order valence-electron chi connectivity index (χ2n) is 6.32. The molecule has 2 aliphatic heterocycles. The summed E-state index contributed by atoms with van der Waals surface area (Å²) in [6, 6.07) is 5.45. The molecule has 3 amide bonds. The number of hydrogen-bond donors (Lipinski definition) is 3. The zero-order chi connectivity index (χ0) is 16.4. The number of benzene rings is 1. The van der Waals surface area contributed by atoms with Gasteiger partial charge in [-0.1, -0.05) is 12.1 Å². The van der Waals surface area contributed by atoms with Gasteiger partial charge >= 0.3 is 6.03 Å². The van der Waals surface area contributed by atoms with Crippen molar-refractivity contribution < 1.29 is 14.3 Å². The average molecular weight is 317 g/mol. The maximum absolute atomic E-state index is 12.1. The Kier molecular flexibility index (Phi) is 4.52. The molecule has 3 atom stereocenters. The number of carbonyl (C=O) groups excluding carboxylic acids is 2. The molecule has 1 saturated heterocycles. The number of nitrogens with one attached hydrogen (secondary N) is 3. The Hall–Kier alpha value is -2.08. The Morgan fingerprint density at radius 3 is 2.91 bits per heavy atom. The van der Waals surface area contributed by atoms with E-state index in [0.29, 0.717) is 6.42 Å². The van der Waals surface area contributed by atoms with Crippen LogP contribution < -0.4 is 16.0 Å². The van der Waals surface area contributed by atoms with Crippen LogP contribution in [0.4, 0.5) is 10.5 Å². The maximum atomic E-state index is 12.1. The topological polar surface area (TPSA) is 79.5 Å². The fraction of sp³-hybridized carbons (Fsp3) is 0.529. The van der Waals surface area contributed by atoms with Gasteiger partial charge in [-0.15, -0.1) is 0 Å². The summed E-state index contributed by atoms with van der Waals surface area (Å²) in [5.41, 5.74) is 2.83. The SMILES string of the molecule is C[C@H](NC(=O)N[C@@H](C)[C@@H]1CCCO1)c1ccc2c(c1)CC(=O)N2. The van der Waals surface area contributed by atoms with Gasteiger partial charge in [0.15, 0.2) is 0 Å². The molecule has 2 heterocycles. The molecule has 0 saturated carbocycles. The number of urea groups is 1. The second kappa shape index (κ2) is 6.58. The van der Waals surface area contributed by atoms with Crippen LogP contribution in [0.2, 0.25) is 0 Å². The zero-order valence-corrected chi connectivity index (χ0v) is 13.5. The van der Waals surface area contributed by atoms with Gasteiger partial charge in [0.2, 0.25) is 5.91 Å². The summed E-state index contributed by atoms with van der Waals surface area (Å²) in [4.78, 5) is 23.5. The van der Waals surface area contributed by atoms with E-state index in [1.165, 1.54) is 0 Å². The molecule has 1 aromatic carbocycles. The first-order valence-corrected chi connectivity index (χ1v) is 8.14. The first-order chi connectivity index (χ1) is 11.0. The van der Waals surface area contributed by atoms with Crippen LogP contribution in [-0.4, -0.2) is 30.7 Å². The number of anilines is 1. The number of fused-ring (bicyclic) bond motifs is 1. The van der Waals surface area contributed by atoms with Gasteiger partial charge in [0, 0.05) is 12.3 Å². The standard InChI is InChI=1S/C17H23N3O3/c1-10(12-5-6-14-13(8-12)9-16(21)20-14)18-17(22)19-11(2)15-4-3-7-23-15/h5-6,8,10-11,15H,3-4,7,9H2,1-2H3,(H,20,21)(H2,18,19,22)/t10-,11-,15-/m0/s1. The van der Waals surface area contributed by atoms with E-state index in [4.69, 9.17) is 4.74 Å². The van der Waals surface area contributed by atoms with Crippen molar-refractivity contribution >= 4 is 17.6 Å². The average Bonchev–Trinajstić information content (AvgIpc) is 3.14. The summed E-state index contributed by atoms with van der Waals surface area (Å²) in [6.07, 6.45) is 2.55. The van der Waals surface area contributed by atoms with E-state index in [1.54, 1.807) is 0 Å². The Morgan fingerprint density at radius 2 is 2.17 bits per heavy atom. The summed E-state index contributed by atoms with van der Waals surface area (Å²) < 4.78 is 5.58. The molecular weight excluding hydrogens is 294 g/mol. The van der Waals surface area contributed by atoms with Crippen LogP contribution in [0.15, 0.2) is 18.2 Å². The highest BCUT2D eigenvalue weighted by atomic mass is 16.5. The van der Waals surface area contributed by atoms with Crippen LogP contribution in [-0.2, 0) is 16.0 Å².